The van der Waals surface area contributed by atoms with Gasteiger partial charge in [0.1, 0.15) is 30.0 Å². The van der Waals surface area contributed by atoms with E-state index in [1.807, 2.05) is 0 Å². The second-order valence-electron chi connectivity index (χ2n) is 5.29. The molecular formula is C16H14F4N2O4. The molecule has 0 aliphatic carbocycles. The van der Waals surface area contributed by atoms with Gasteiger partial charge in [-0.25, -0.2) is 4.39 Å². The maximum atomic E-state index is 12.8. The summed E-state index contributed by atoms with van der Waals surface area (Å²) in [5.41, 5.74) is -2.06. The largest absolute Gasteiger partial charge is 0.491 e. The third kappa shape index (κ3) is 5.31. The fourth-order valence-corrected chi connectivity index (χ4v) is 2.02. The van der Waals surface area contributed by atoms with Crippen molar-refractivity contribution in [3.8, 4) is 5.75 Å². The molecule has 2 aromatic carbocycles. The molecule has 140 valence electrons. The van der Waals surface area contributed by atoms with Gasteiger partial charge in [0.15, 0.2) is 0 Å². The van der Waals surface area contributed by atoms with Crippen molar-refractivity contribution in [3.63, 3.8) is 0 Å². The first kappa shape index (κ1) is 19.4. The molecule has 0 fully saturated rings. The number of hydrogen-bond acceptors (Lipinski definition) is 5. The van der Waals surface area contributed by atoms with Crippen LogP contribution in [0.15, 0.2) is 42.5 Å². The van der Waals surface area contributed by atoms with Crippen molar-refractivity contribution in [2.75, 3.05) is 18.5 Å². The zero-order chi connectivity index (χ0) is 19.3. The van der Waals surface area contributed by atoms with E-state index in [1.54, 1.807) is 0 Å². The zero-order valence-electron chi connectivity index (χ0n) is 13.2. The molecule has 0 radical (unpaired) electrons. The summed E-state index contributed by atoms with van der Waals surface area (Å²) in [6, 6.07) is 7.11. The van der Waals surface area contributed by atoms with Gasteiger partial charge >= 0.3 is 6.18 Å². The van der Waals surface area contributed by atoms with E-state index in [0.717, 1.165) is 6.07 Å². The Morgan fingerprint density at radius 2 is 1.85 bits per heavy atom. The second-order valence-corrected chi connectivity index (χ2v) is 5.29. The van der Waals surface area contributed by atoms with Crippen molar-refractivity contribution in [2.45, 2.75) is 12.3 Å². The van der Waals surface area contributed by atoms with E-state index in [-0.39, 0.29) is 18.8 Å². The van der Waals surface area contributed by atoms with Gasteiger partial charge in [-0.15, -0.1) is 0 Å². The summed E-state index contributed by atoms with van der Waals surface area (Å²) in [6.07, 6.45) is -5.81. The minimum Gasteiger partial charge on any atom is -0.491 e. The number of aliphatic hydroxyl groups is 1. The highest BCUT2D eigenvalue weighted by Gasteiger charge is 2.33. The van der Waals surface area contributed by atoms with Crippen LogP contribution in [0, 0.1) is 15.9 Å². The molecule has 2 N–H and O–H groups in total. The van der Waals surface area contributed by atoms with Gasteiger partial charge in [0.05, 0.1) is 10.5 Å². The normalized spacial score (nSPS) is 12.5. The lowest BCUT2D eigenvalue weighted by molar-refractivity contribution is -0.384. The fourth-order valence-electron chi connectivity index (χ4n) is 2.02. The lowest BCUT2D eigenvalue weighted by Gasteiger charge is -2.15. The van der Waals surface area contributed by atoms with E-state index in [0.29, 0.717) is 17.9 Å². The zero-order valence-corrected chi connectivity index (χ0v) is 13.2. The molecule has 2 rings (SSSR count). The first-order valence-electron chi connectivity index (χ1n) is 7.33. The van der Waals surface area contributed by atoms with E-state index in [9.17, 15) is 32.8 Å². The molecule has 1 atom stereocenters. The molecule has 0 bridgehead atoms. The Morgan fingerprint density at radius 3 is 2.42 bits per heavy atom. The fraction of sp³-hybridized carbons (Fsp3) is 0.250. The van der Waals surface area contributed by atoms with Crippen LogP contribution in [0.1, 0.15) is 5.56 Å². The maximum Gasteiger partial charge on any atom is 0.416 e. The van der Waals surface area contributed by atoms with Crippen molar-refractivity contribution in [1.82, 2.24) is 0 Å². The number of hydrogen-bond donors (Lipinski definition) is 2. The van der Waals surface area contributed by atoms with Gasteiger partial charge in [-0.2, -0.15) is 13.2 Å². The lowest BCUT2D eigenvalue weighted by Crippen LogP contribution is -2.26. The van der Waals surface area contributed by atoms with Crippen molar-refractivity contribution < 1.29 is 32.3 Å². The van der Waals surface area contributed by atoms with Crippen LogP contribution in [-0.2, 0) is 6.18 Å². The van der Waals surface area contributed by atoms with E-state index in [2.05, 4.69) is 5.32 Å². The van der Waals surface area contributed by atoms with E-state index >= 15 is 0 Å². The Balaban J connectivity index is 1.97. The number of nitro groups is 1. The average molecular weight is 374 g/mol. The molecule has 2 aromatic rings. The van der Waals surface area contributed by atoms with Crippen molar-refractivity contribution in [3.05, 3.63) is 64.0 Å². The number of benzene rings is 2. The number of rotatable bonds is 7. The molecule has 0 saturated carbocycles. The number of alkyl halides is 3. The number of aliphatic hydroxyl groups excluding tert-OH is 1. The second kappa shape index (κ2) is 8.00. The first-order valence-corrected chi connectivity index (χ1v) is 7.33. The van der Waals surface area contributed by atoms with E-state index < -0.39 is 34.3 Å². The van der Waals surface area contributed by atoms with Crippen LogP contribution in [0.25, 0.3) is 0 Å². The molecule has 0 saturated heterocycles. The molecule has 0 heterocycles. The highest BCUT2D eigenvalue weighted by Crippen LogP contribution is 2.34. The predicted molar refractivity (Wildman–Crippen MR) is 84.5 cm³/mol. The Labute approximate surface area is 145 Å². The maximum absolute atomic E-state index is 12.8. The molecule has 26 heavy (non-hydrogen) atoms. The van der Waals surface area contributed by atoms with Gasteiger partial charge in [-0.3, -0.25) is 10.1 Å². The SMILES string of the molecule is O=[N+]([O-])c1cc(C(F)(F)F)ccc1NCC(O)COc1ccc(F)cc1. The van der Waals surface area contributed by atoms with Crippen molar-refractivity contribution in [2.24, 2.45) is 0 Å². The van der Waals surface area contributed by atoms with Gasteiger partial charge in [0.2, 0.25) is 0 Å². The number of nitro benzene ring substituents is 1. The molecule has 1 unspecified atom stereocenters. The van der Waals surface area contributed by atoms with Gasteiger partial charge in [0, 0.05) is 12.6 Å². The van der Waals surface area contributed by atoms with Crippen molar-refractivity contribution >= 4 is 11.4 Å². The molecule has 0 spiro atoms. The summed E-state index contributed by atoms with van der Waals surface area (Å²) in [6.45, 7) is -0.402. The van der Waals surface area contributed by atoms with Crippen LogP contribution in [-0.4, -0.2) is 29.3 Å². The average Bonchev–Trinajstić information content (AvgIpc) is 2.58. The van der Waals surface area contributed by atoms with Crippen LogP contribution < -0.4 is 10.1 Å². The van der Waals surface area contributed by atoms with Gasteiger partial charge in [0.25, 0.3) is 5.69 Å². The standard InChI is InChI=1S/C16H14F4N2O4/c17-11-2-4-13(5-3-11)26-9-12(23)8-21-14-6-1-10(16(18,19)20)7-15(14)22(24)25/h1-7,12,21,23H,8-9H2. The van der Waals surface area contributed by atoms with Crippen molar-refractivity contribution in [1.29, 1.82) is 0 Å². The van der Waals surface area contributed by atoms with Gasteiger partial charge < -0.3 is 15.2 Å². The molecule has 0 aliphatic rings. The topological polar surface area (TPSA) is 84.6 Å². The number of ether oxygens (including phenoxy) is 1. The van der Waals surface area contributed by atoms with Crippen LogP contribution >= 0.6 is 0 Å². The highest BCUT2D eigenvalue weighted by molar-refractivity contribution is 5.63. The van der Waals surface area contributed by atoms with Crippen LogP contribution in [0.4, 0.5) is 28.9 Å². The summed E-state index contributed by atoms with van der Waals surface area (Å²) < 4.78 is 55.9. The number of halogens is 4. The van der Waals surface area contributed by atoms with Gasteiger partial charge in [-0.05, 0) is 36.4 Å². The summed E-state index contributed by atoms with van der Waals surface area (Å²) in [4.78, 5) is 10.0. The molecule has 10 heteroatoms. The molecule has 0 amide bonds. The quantitative estimate of drug-likeness (QED) is 0.439. The summed E-state index contributed by atoms with van der Waals surface area (Å²) in [5.74, 6) is -0.139. The third-order valence-electron chi connectivity index (χ3n) is 3.31. The van der Waals surface area contributed by atoms with E-state index in [1.165, 1.54) is 24.3 Å². The monoisotopic (exact) mass is 374 g/mol. The molecule has 6 nitrogen and oxygen atoms in total. The first-order chi connectivity index (χ1) is 12.2. The number of nitrogens with zero attached hydrogens (tertiary/aromatic N) is 1. The molecule has 0 aromatic heterocycles. The molecule has 0 aliphatic heterocycles. The summed E-state index contributed by atoms with van der Waals surface area (Å²) >= 11 is 0. The Hall–Kier alpha value is -2.88. The summed E-state index contributed by atoms with van der Waals surface area (Å²) in [7, 11) is 0. The van der Waals surface area contributed by atoms with Crippen LogP contribution in [0.3, 0.4) is 0 Å². The lowest BCUT2D eigenvalue weighted by atomic mass is 10.1. The Kier molecular flexibility index (Phi) is 5.98. The summed E-state index contributed by atoms with van der Waals surface area (Å²) in [5, 5.41) is 23.3. The molecular weight excluding hydrogens is 360 g/mol. The smallest absolute Gasteiger partial charge is 0.416 e. The number of nitrogens with one attached hydrogen (secondary N) is 1. The van der Waals surface area contributed by atoms with E-state index in [4.69, 9.17) is 4.74 Å². The Bertz CT molecular complexity index is 766. The highest BCUT2D eigenvalue weighted by atomic mass is 19.4. The van der Waals surface area contributed by atoms with Crippen LogP contribution in [0.5, 0.6) is 5.75 Å². The predicted octanol–water partition coefficient (Wildman–Crippen LogP) is 3.60. The van der Waals surface area contributed by atoms with Gasteiger partial charge in [-0.1, -0.05) is 0 Å². The minimum atomic E-state index is -4.70. The Morgan fingerprint density at radius 1 is 1.19 bits per heavy atom. The number of anilines is 1. The van der Waals surface area contributed by atoms with Crippen LogP contribution in [0.2, 0.25) is 0 Å². The minimum absolute atomic E-state index is 0.163. The third-order valence-corrected chi connectivity index (χ3v) is 3.31.